The van der Waals surface area contributed by atoms with Crippen molar-refractivity contribution in [3.05, 3.63) is 0 Å². The van der Waals surface area contributed by atoms with E-state index in [1.165, 1.54) is 6.92 Å². The minimum absolute atomic E-state index is 0.000873. The maximum absolute atomic E-state index is 10.8. The second kappa shape index (κ2) is 25.7. The highest BCUT2D eigenvalue weighted by molar-refractivity contribution is 5.75. The molecule has 0 aromatic heterocycles. The zero-order valence-electron chi connectivity index (χ0n) is 27.9. The van der Waals surface area contributed by atoms with E-state index in [2.05, 4.69) is 52.2 Å². The van der Waals surface area contributed by atoms with Crippen molar-refractivity contribution >= 4 is 5.78 Å². The molecule has 41 heavy (non-hydrogen) atoms. The Kier molecular flexibility index (Phi) is 26.5. The lowest BCUT2D eigenvalue weighted by molar-refractivity contribution is -0.911. The van der Waals surface area contributed by atoms with Gasteiger partial charge in [-0.2, -0.15) is 0 Å². The molecule has 0 rings (SSSR count). The molecule has 13 heteroatoms. The minimum Gasteiger partial charge on any atom is -0.386 e. The van der Waals surface area contributed by atoms with Gasteiger partial charge in [0.15, 0.2) is 6.73 Å². The van der Waals surface area contributed by atoms with Crippen LogP contribution in [-0.2, 0) is 9.63 Å². The van der Waals surface area contributed by atoms with Crippen LogP contribution in [-0.4, -0.2) is 200 Å². The molecule has 0 aliphatic carbocycles. The highest BCUT2D eigenvalue weighted by atomic mass is 16.6. The zero-order valence-corrected chi connectivity index (χ0v) is 27.9. The third-order valence-electron chi connectivity index (χ3n) is 6.81. The molecule has 0 saturated carbocycles. The van der Waals surface area contributed by atoms with Crippen LogP contribution in [0, 0.1) is 0 Å². The normalized spacial score (nSPS) is 13.8. The number of carbonyl (C=O) groups is 1. The van der Waals surface area contributed by atoms with E-state index < -0.39 is 6.10 Å². The second-order valence-electron chi connectivity index (χ2n) is 12.1. The van der Waals surface area contributed by atoms with Crippen LogP contribution in [0.25, 0.3) is 0 Å². The van der Waals surface area contributed by atoms with Gasteiger partial charge in [0.05, 0.1) is 41.3 Å². The van der Waals surface area contributed by atoms with Crippen molar-refractivity contribution in [3.8, 4) is 0 Å². The molecule has 0 fully saturated rings. The van der Waals surface area contributed by atoms with Crippen LogP contribution < -0.4 is 21.4 Å². The number of aliphatic hydroxyl groups is 3. The molecule has 7 N–H and O–H groups in total. The standard InChI is InChI=1S/C15H35N4O4.C13H33N4O/c1-14(21)5-10-23-17-7-9-18(8-6-16-2)11-15(22)12-19(3,4)13-20;1-6-17(4,5)12-13(18)11-16(9-7-14-2)10-8-15-3/h15-17,20,22H,5-13H2,1-4H3;13-15,18H,6-12H2,1-5H3/q2*+1. The Morgan fingerprint density at radius 1 is 0.780 bits per heavy atom. The molecular weight excluding hydrogens is 528 g/mol. The monoisotopic (exact) mass is 597 g/mol. The van der Waals surface area contributed by atoms with Gasteiger partial charge >= 0.3 is 0 Å². The van der Waals surface area contributed by atoms with Gasteiger partial charge in [-0.25, -0.2) is 5.48 Å². The quantitative estimate of drug-likeness (QED) is 0.0248. The summed E-state index contributed by atoms with van der Waals surface area (Å²) in [5.74, 6) is 0.107. The van der Waals surface area contributed by atoms with Crippen LogP contribution in [0.1, 0.15) is 20.3 Å². The average molecular weight is 597 g/mol. The van der Waals surface area contributed by atoms with E-state index in [9.17, 15) is 20.1 Å². The molecule has 0 spiro atoms. The smallest absolute Gasteiger partial charge is 0.179 e. The molecule has 0 aromatic carbocycles. The number of Topliss-reactive ketones (excluding diaryl/α,β-unsaturated/α-hetero) is 1. The topological polar surface area (TPSA) is 142 Å². The molecule has 0 aliphatic heterocycles. The number of quaternary nitrogens is 2. The summed E-state index contributed by atoms with van der Waals surface area (Å²) in [6, 6.07) is 0. The van der Waals surface area contributed by atoms with Crippen molar-refractivity contribution in [3.63, 3.8) is 0 Å². The summed E-state index contributed by atoms with van der Waals surface area (Å²) in [6.07, 6.45) is -0.357. The fourth-order valence-electron chi connectivity index (χ4n) is 3.98. The Morgan fingerprint density at radius 3 is 1.56 bits per heavy atom. The summed E-state index contributed by atoms with van der Waals surface area (Å²) >= 11 is 0. The molecule has 0 radical (unpaired) electrons. The Balaban J connectivity index is 0. The van der Waals surface area contributed by atoms with Gasteiger partial charge < -0.3 is 45.1 Å². The van der Waals surface area contributed by atoms with Gasteiger partial charge in [0.25, 0.3) is 0 Å². The first kappa shape index (κ1) is 42.3. The van der Waals surface area contributed by atoms with Gasteiger partial charge in [-0.3, -0.25) is 14.6 Å². The van der Waals surface area contributed by atoms with Gasteiger partial charge in [-0.15, -0.1) is 0 Å². The van der Waals surface area contributed by atoms with E-state index in [-0.39, 0.29) is 18.6 Å². The maximum atomic E-state index is 10.8. The van der Waals surface area contributed by atoms with Gasteiger partial charge in [0.2, 0.25) is 0 Å². The predicted molar refractivity (Wildman–Crippen MR) is 168 cm³/mol. The first-order valence-electron chi connectivity index (χ1n) is 15.1. The van der Waals surface area contributed by atoms with Crippen molar-refractivity contribution in [2.24, 2.45) is 0 Å². The lowest BCUT2D eigenvalue weighted by Gasteiger charge is -2.32. The molecule has 0 aliphatic rings. The molecule has 0 aromatic rings. The second-order valence-corrected chi connectivity index (χ2v) is 12.1. The molecule has 0 heterocycles. The summed E-state index contributed by atoms with van der Waals surface area (Å²) in [5, 5.41) is 39.1. The average Bonchev–Trinajstić information content (AvgIpc) is 2.90. The van der Waals surface area contributed by atoms with E-state index in [1.807, 2.05) is 35.2 Å². The summed E-state index contributed by atoms with van der Waals surface area (Å²) in [4.78, 5) is 20.4. The van der Waals surface area contributed by atoms with Gasteiger partial charge in [0, 0.05) is 71.9 Å². The maximum Gasteiger partial charge on any atom is 0.179 e. The largest absolute Gasteiger partial charge is 0.386 e. The highest BCUT2D eigenvalue weighted by Crippen LogP contribution is 2.02. The number of hydroxylamine groups is 1. The van der Waals surface area contributed by atoms with E-state index >= 15 is 0 Å². The van der Waals surface area contributed by atoms with Crippen LogP contribution in [0.4, 0.5) is 0 Å². The number of carbonyl (C=O) groups excluding carboxylic acids is 1. The van der Waals surface area contributed by atoms with E-state index in [0.717, 1.165) is 69.9 Å². The molecule has 0 amide bonds. The SMILES string of the molecule is CC[N+](C)(C)CC(O)CN(CCNC)CCNC.CNCCN(CCNOCCC(C)=O)CC(O)C[N+](C)(C)CO. The Hall–Kier alpha value is -0.810. The third-order valence-corrected chi connectivity index (χ3v) is 6.81. The number of likely N-dealkylation sites (N-methyl/N-ethyl adjacent to an activating group) is 5. The minimum atomic E-state index is -0.507. The van der Waals surface area contributed by atoms with Gasteiger partial charge in [-0.05, 0) is 35.0 Å². The molecule has 2 unspecified atom stereocenters. The van der Waals surface area contributed by atoms with E-state index in [1.54, 1.807) is 0 Å². The number of hydrogen-bond acceptors (Lipinski definition) is 11. The number of nitrogens with zero attached hydrogens (tertiary/aromatic N) is 4. The number of rotatable bonds is 26. The molecule has 248 valence electrons. The number of ketones is 1. The molecular formula is C28H68N8O5+2. The van der Waals surface area contributed by atoms with Crippen molar-refractivity contribution in [2.75, 3.05) is 148 Å². The number of aliphatic hydroxyl groups excluding tert-OH is 3. The van der Waals surface area contributed by atoms with Crippen LogP contribution in [0.2, 0.25) is 0 Å². The van der Waals surface area contributed by atoms with Crippen molar-refractivity contribution in [1.29, 1.82) is 0 Å². The molecule has 2 atom stereocenters. The number of nitrogens with one attached hydrogen (secondary N) is 4. The first-order valence-corrected chi connectivity index (χ1v) is 15.1. The van der Waals surface area contributed by atoms with Crippen molar-refractivity contribution in [1.82, 2.24) is 31.2 Å². The number of hydrogen-bond donors (Lipinski definition) is 7. The van der Waals surface area contributed by atoms with Gasteiger partial charge in [-0.1, -0.05) is 0 Å². The van der Waals surface area contributed by atoms with Crippen LogP contribution >= 0.6 is 0 Å². The Bertz CT molecular complexity index is 608. The van der Waals surface area contributed by atoms with Crippen LogP contribution in [0.3, 0.4) is 0 Å². The van der Waals surface area contributed by atoms with Crippen LogP contribution in [0.15, 0.2) is 0 Å². The first-order chi connectivity index (χ1) is 19.2. The van der Waals surface area contributed by atoms with E-state index in [4.69, 9.17) is 4.84 Å². The van der Waals surface area contributed by atoms with E-state index in [0.29, 0.717) is 37.1 Å². The Labute approximate surface area is 251 Å². The lowest BCUT2D eigenvalue weighted by atomic mass is 10.2. The van der Waals surface area contributed by atoms with Gasteiger partial charge in [0.1, 0.15) is 31.1 Å². The lowest BCUT2D eigenvalue weighted by Crippen LogP contribution is -2.50. The fourth-order valence-corrected chi connectivity index (χ4v) is 3.98. The summed E-state index contributed by atoms with van der Waals surface area (Å²) in [6.45, 7) is 14.6. The third kappa shape index (κ3) is 27.8. The predicted octanol–water partition coefficient (Wildman–Crippen LogP) is -2.42. The highest BCUT2D eigenvalue weighted by Gasteiger charge is 2.22. The van der Waals surface area contributed by atoms with Crippen LogP contribution in [0.5, 0.6) is 0 Å². The summed E-state index contributed by atoms with van der Waals surface area (Å²) < 4.78 is 1.24. The van der Waals surface area contributed by atoms with Crippen molar-refractivity contribution in [2.45, 2.75) is 32.5 Å². The zero-order chi connectivity index (χ0) is 31.7. The van der Waals surface area contributed by atoms with Crippen molar-refractivity contribution < 1.29 is 33.9 Å². The molecule has 13 nitrogen and oxygen atoms in total. The fraction of sp³-hybridized carbons (Fsp3) is 0.964. The molecule has 0 bridgehead atoms. The molecule has 0 saturated heterocycles. The Morgan fingerprint density at radius 2 is 1.20 bits per heavy atom. The summed E-state index contributed by atoms with van der Waals surface area (Å²) in [7, 11) is 13.9. The summed E-state index contributed by atoms with van der Waals surface area (Å²) in [5.41, 5.74) is 2.84.